The second kappa shape index (κ2) is 17.9. The van der Waals surface area contributed by atoms with E-state index in [4.69, 9.17) is 17.7 Å². The van der Waals surface area contributed by atoms with Crippen LogP contribution in [-0.2, 0) is 30.8 Å². The molecule has 1 saturated carbocycles. The Morgan fingerprint density at radius 3 is 1.57 bits per heavy atom. The van der Waals surface area contributed by atoms with Gasteiger partial charge in [-0.3, -0.25) is 4.90 Å². The molecule has 4 atom stereocenters. The Hall–Kier alpha value is -0.612. The topological polar surface area (TPSA) is 52.2 Å². The molecule has 0 bridgehead atoms. The number of hydrogen-bond donors (Lipinski definition) is 1. The molecule has 11 heteroatoms. The smallest absolute Gasteiger partial charge is 0.192 e. The number of anilines is 1. The molecule has 1 saturated heterocycles. The summed E-state index contributed by atoms with van der Waals surface area (Å²) in [5.74, 6) is 0.718. The lowest BCUT2D eigenvalue weighted by molar-refractivity contribution is -0.130. The number of rotatable bonds is 15. The largest absolute Gasteiger partial charge is 0.415 e. The minimum Gasteiger partial charge on any atom is -0.415 e. The Kier molecular flexibility index (Phi) is 15.4. The lowest BCUT2D eigenvalue weighted by Crippen LogP contribution is -2.70. The first kappa shape index (κ1) is 50.0. The van der Waals surface area contributed by atoms with Crippen molar-refractivity contribution in [2.45, 2.75) is 212 Å². The highest BCUT2D eigenvalue weighted by Gasteiger charge is 2.55. The molecular formula is C47H85BrN2O4Si4. The standard InChI is InChI=1S/C47H85BrN2O4Si4/c1-44(2,3)55(13,14)51-33-40-42(53-57(17,18)46(7,8)9)43(54-58(19,20)47(10,11)12)41(52-56(15,16)45(4,5)6)32-50(40)31-35-23-21-34(22-24-35)30-49-39-28-37(36-25-26-36)27-38(48)29-39/h21-24,27-29,36,40-43,49H,25-26,30-33H2,1-20H3/t40-,41?,42?,43?/m1/s1. The zero-order chi connectivity index (χ0) is 44.1. The van der Waals surface area contributed by atoms with Crippen LogP contribution in [0, 0.1) is 0 Å². The van der Waals surface area contributed by atoms with E-state index < -0.39 is 33.3 Å². The van der Waals surface area contributed by atoms with Crippen LogP contribution >= 0.6 is 15.9 Å². The van der Waals surface area contributed by atoms with Crippen molar-refractivity contribution in [3.8, 4) is 0 Å². The van der Waals surface area contributed by atoms with Crippen molar-refractivity contribution in [3.63, 3.8) is 0 Å². The van der Waals surface area contributed by atoms with Gasteiger partial charge in [0.05, 0.1) is 31.0 Å². The van der Waals surface area contributed by atoms with E-state index in [1.54, 1.807) is 0 Å². The molecule has 1 heterocycles. The summed E-state index contributed by atoms with van der Waals surface area (Å²) in [5, 5.41) is 3.90. The molecule has 0 amide bonds. The van der Waals surface area contributed by atoms with Crippen LogP contribution in [0.1, 0.15) is 119 Å². The Bertz CT molecular complexity index is 1670. The van der Waals surface area contributed by atoms with E-state index in [2.05, 4.69) is 204 Å². The monoisotopic (exact) mass is 932 g/mol. The highest BCUT2D eigenvalue weighted by atomic mass is 79.9. The van der Waals surface area contributed by atoms with E-state index in [0.717, 1.165) is 30.0 Å². The van der Waals surface area contributed by atoms with Crippen molar-refractivity contribution < 1.29 is 17.7 Å². The molecule has 58 heavy (non-hydrogen) atoms. The summed E-state index contributed by atoms with van der Waals surface area (Å²) in [6, 6.07) is 16.0. The highest BCUT2D eigenvalue weighted by molar-refractivity contribution is 9.10. The van der Waals surface area contributed by atoms with Gasteiger partial charge in [0.25, 0.3) is 0 Å². The van der Waals surface area contributed by atoms with Crippen molar-refractivity contribution in [3.05, 3.63) is 63.6 Å². The zero-order valence-electron chi connectivity index (χ0n) is 40.6. The molecule has 0 aromatic heterocycles. The minimum atomic E-state index is -2.30. The summed E-state index contributed by atoms with van der Waals surface area (Å²) in [4.78, 5) is 2.66. The summed E-state index contributed by atoms with van der Waals surface area (Å²) in [6.45, 7) is 50.3. The maximum Gasteiger partial charge on any atom is 0.192 e. The van der Waals surface area contributed by atoms with Gasteiger partial charge in [-0.1, -0.05) is 123 Å². The molecule has 2 aliphatic rings. The van der Waals surface area contributed by atoms with E-state index in [9.17, 15) is 0 Å². The number of nitrogens with zero attached hydrogens (tertiary/aromatic N) is 1. The van der Waals surface area contributed by atoms with Gasteiger partial charge in [-0.2, -0.15) is 0 Å². The van der Waals surface area contributed by atoms with Crippen molar-refractivity contribution in [1.29, 1.82) is 0 Å². The maximum absolute atomic E-state index is 7.76. The normalized spacial score (nSPS) is 22.4. The molecule has 2 aromatic rings. The molecule has 6 nitrogen and oxygen atoms in total. The molecule has 1 N–H and O–H groups in total. The van der Waals surface area contributed by atoms with Gasteiger partial charge >= 0.3 is 0 Å². The molecule has 0 radical (unpaired) electrons. The quantitative estimate of drug-likeness (QED) is 0.180. The predicted molar refractivity (Wildman–Crippen MR) is 263 cm³/mol. The van der Waals surface area contributed by atoms with Gasteiger partial charge in [-0.15, -0.1) is 0 Å². The van der Waals surface area contributed by atoms with E-state index in [0.29, 0.717) is 6.61 Å². The number of nitrogens with one attached hydrogen (secondary N) is 1. The molecule has 2 aromatic carbocycles. The summed E-state index contributed by atoms with van der Waals surface area (Å²) in [5.41, 5.74) is 5.17. The zero-order valence-corrected chi connectivity index (χ0v) is 46.2. The van der Waals surface area contributed by atoms with Crippen molar-refractivity contribution >= 4 is 54.9 Å². The van der Waals surface area contributed by atoms with Gasteiger partial charge in [0.15, 0.2) is 33.3 Å². The van der Waals surface area contributed by atoms with Crippen molar-refractivity contribution in [1.82, 2.24) is 4.90 Å². The van der Waals surface area contributed by atoms with Crippen molar-refractivity contribution in [2.24, 2.45) is 0 Å². The second-order valence-electron chi connectivity index (χ2n) is 23.9. The van der Waals surface area contributed by atoms with Crippen LogP contribution in [0.15, 0.2) is 46.9 Å². The first-order valence-electron chi connectivity index (χ1n) is 22.2. The van der Waals surface area contributed by atoms with Gasteiger partial charge in [-0.05, 0) is 126 Å². The Morgan fingerprint density at radius 2 is 1.09 bits per heavy atom. The number of likely N-dealkylation sites (tertiary alicyclic amines) is 1. The first-order chi connectivity index (χ1) is 26.1. The summed E-state index contributed by atoms with van der Waals surface area (Å²) in [7, 11) is -8.90. The lowest BCUT2D eigenvalue weighted by atomic mass is 9.93. The summed E-state index contributed by atoms with van der Waals surface area (Å²) >= 11 is 3.74. The van der Waals surface area contributed by atoms with Crippen LogP contribution < -0.4 is 5.32 Å². The third-order valence-corrected chi connectivity index (χ3v) is 33.4. The third-order valence-electron chi connectivity index (χ3n) is 15.0. The van der Waals surface area contributed by atoms with Crippen LogP contribution in [0.3, 0.4) is 0 Å². The van der Waals surface area contributed by atoms with E-state index >= 15 is 0 Å². The number of halogens is 1. The highest BCUT2D eigenvalue weighted by Crippen LogP contribution is 2.47. The minimum absolute atomic E-state index is 0.00387. The molecule has 4 rings (SSSR count). The molecule has 1 aliphatic heterocycles. The second-order valence-corrected chi connectivity index (χ2v) is 43.9. The molecular weight excluding hydrogens is 849 g/mol. The van der Waals surface area contributed by atoms with Crippen LogP contribution in [0.25, 0.3) is 0 Å². The van der Waals surface area contributed by atoms with E-state index in [-0.39, 0.29) is 44.5 Å². The van der Waals surface area contributed by atoms with Crippen LogP contribution in [0.2, 0.25) is 72.5 Å². The van der Waals surface area contributed by atoms with E-state index in [1.807, 2.05) is 0 Å². The lowest BCUT2D eigenvalue weighted by Gasteiger charge is -2.56. The average Bonchev–Trinajstić information content (AvgIpc) is 3.89. The molecule has 2 fully saturated rings. The summed E-state index contributed by atoms with van der Waals surface area (Å²) in [6.07, 6.45) is 2.05. The van der Waals surface area contributed by atoms with Crippen LogP contribution in [0.4, 0.5) is 5.69 Å². The van der Waals surface area contributed by atoms with Crippen LogP contribution in [0.5, 0.6) is 0 Å². The number of benzene rings is 2. The fraction of sp³-hybridized carbons (Fsp3) is 0.745. The Balaban J connectivity index is 1.78. The Labute approximate surface area is 369 Å². The van der Waals surface area contributed by atoms with Gasteiger partial charge in [0.1, 0.15) is 0 Å². The molecule has 1 aliphatic carbocycles. The fourth-order valence-electron chi connectivity index (χ4n) is 6.55. The van der Waals surface area contributed by atoms with E-state index in [1.165, 1.54) is 35.2 Å². The van der Waals surface area contributed by atoms with Gasteiger partial charge < -0.3 is 23.0 Å². The van der Waals surface area contributed by atoms with Gasteiger partial charge in [0.2, 0.25) is 0 Å². The van der Waals surface area contributed by atoms with Crippen LogP contribution in [-0.4, -0.2) is 75.7 Å². The molecule has 3 unspecified atom stereocenters. The molecule has 330 valence electrons. The predicted octanol–water partition coefficient (Wildman–Crippen LogP) is 14.3. The Morgan fingerprint density at radius 1 is 0.621 bits per heavy atom. The maximum atomic E-state index is 7.76. The van der Waals surface area contributed by atoms with Gasteiger partial charge in [-0.25, -0.2) is 0 Å². The van der Waals surface area contributed by atoms with Crippen molar-refractivity contribution in [2.75, 3.05) is 18.5 Å². The molecule has 0 spiro atoms. The fourth-order valence-corrected chi connectivity index (χ4v) is 12.0. The number of piperidine rings is 1. The first-order valence-corrected chi connectivity index (χ1v) is 34.6. The average molecular weight is 934 g/mol. The SMILES string of the molecule is CC(C)(C)[Si](C)(C)OC[C@@H]1C(O[Si](C)(C)C(C)(C)C)C(O[Si](C)(C)C(C)(C)C)C(O[Si](C)(C)C(C)(C)C)CN1Cc1ccc(CNc2cc(Br)cc(C3CC3)c2)cc1. The third kappa shape index (κ3) is 12.5. The summed E-state index contributed by atoms with van der Waals surface area (Å²) < 4.78 is 31.4. The number of hydrogen-bond acceptors (Lipinski definition) is 6. The van der Waals surface area contributed by atoms with Gasteiger partial charge in [0, 0.05) is 29.8 Å².